The van der Waals surface area contributed by atoms with Crippen LogP contribution in [0.2, 0.25) is 0 Å². The van der Waals surface area contributed by atoms with Crippen molar-refractivity contribution in [2.45, 2.75) is 20.0 Å². The molecule has 0 saturated carbocycles. The monoisotopic (exact) mass is 542 g/mol. The van der Waals surface area contributed by atoms with Gasteiger partial charge < -0.3 is 9.13 Å². The number of aryl methyl sites for hydroxylation is 2. The summed E-state index contributed by atoms with van der Waals surface area (Å²) in [6.07, 6.45) is 0. The van der Waals surface area contributed by atoms with Gasteiger partial charge in [-0.25, -0.2) is 19.6 Å². The van der Waals surface area contributed by atoms with Gasteiger partial charge in [-0.2, -0.15) is 0 Å². The summed E-state index contributed by atoms with van der Waals surface area (Å²) in [4.78, 5) is 61.5. The zero-order valence-corrected chi connectivity index (χ0v) is 19.2. The van der Waals surface area contributed by atoms with Crippen molar-refractivity contribution in [3.8, 4) is 0 Å². The Balaban J connectivity index is 1.76. The smallest absolute Gasteiger partial charge is 0.312 e. The Kier molecular flexibility index (Phi) is 4.92. The van der Waals surface area contributed by atoms with Gasteiger partial charge in [-0.05, 0) is 37.8 Å². The lowest BCUT2D eigenvalue weighted by molar-refractivity contribution is 0.419. The molecular weight excluding hydrogens is 528 g/mol. The van der Waals surface area contributed by atoms with E-state index in [0.717, 1.165) is 0 Å². The van der Waals surface area contributed by atoms with Crippen molar-refractivity contribution in [1.82, 2.24) is 38.2 Å². The van der Waals surface area contributed by atoms with E-state index in [1.807, 2.05) is 6.92 Å². The van der Waals surface area contributed by atoms with E-state index in [1.165, 1.54) is 23.2 Å². The van der Waals surface area contributed by atoms with E-state index in [0.29, 0.717) is 22.6 Å². The van der Waals surface area contributed by atoms with Gasteiger partial charge in [0.05, 0.1) is 0 Å². The van der Waals surface area contributed by atoms with Gasteiger partial charge in [0, 0.05) is 27.2 Å². The number of H-pyrrole nitrogens is 2. The van der Waals surface area contributed by atoms with E-state index in [9.17, 15) is 19.2 Å². The first-order valence-electron chi connectivity index (χ1n) is 8.80. The third kappa shape index (κ3) is 3.10. The Morgan fingerprint density at radius 3 is 1.53 bits per heavy atom. The molecule has 158 valence electrons. The highest BCUT2D eigenvalue weighted by molar-refractivity contribution is 9.10. The van der Waals surface area contributed by atoms with Crippen molar-refractivity contribution in [3.63, 3.8) is 0 Å². The van der Waals surface area contributed by atoms with Crippen LogP contribution in [0.3, 0.4) is 0 Å². The SMILES string of the molecule is CC(Cn1c(Br)nc2c1c(=O)[nH]c(=O)n2C)Cn1c(Br)nc2c1c(=O)[nH]c(=O)n2C. The maximum Gasteiger partial charge on any atom is 0.329 e. The fourth-order valence-corrected chi connectivity index (χ4v) is 4.41. The molecule has 0 radical (unpaired) electrons. The lowest BCUT2D eigenvalue weighted by Gasteiger charge is -2.15. The van der Waals surface area contributed by atoms with Gasteiger partial charge >= 0.3 is 11.4 Å². The number of halogens is 2. The van der Waals surface area contributed by atoms with Crippen molar-refractivity contribution in [1.29, 1.82) is 0 Å². The molecule has 4 rings (SSSR count). The normalized spacial score (nSPS) is 11.9. The number of nitrogens with zero attached hydrogens (tertiary/aromatic N) is 6. The Morgan fingerprint density at radius 2 is 1.17 bits per heavy atom. The van der Waals surface area contributed by atoms with Crippen molar-refractivity contribution < 1.29 is 0 Å². The molecule has 0 aliphatic carbocycles. The number of aromatic nitrogens is 8. The Labute approximate surface area is 183 Å². The average molecular weight is 544 g/mol. The van der Waals surface area contributed by atoms with Gasteiger partial charge in [0.1, 0.15) is 0 Å². The van der Waals surface area contributed by atoms with Crippen LogP contribution in [0.5, 0.6) is 0 Å². The van der Waals surface area contributed by atoms with Crippen molar-refractivity contribution >= 4 is 54.2 Å². The predicted molar refractivity (Wildman–Crippen MR) is 116 cm³/mol. The van der Waals surface area contributed by atoms with Crippen LogP contribution in [0.1, 0.15) is 6.92 Å². The number of rotatable bonds is 4. The van der Waals surface area contributed by atoms with E-state index >= 15 is 0 Å². The second-order valence-electron chi connectivity index (χ2n) is 7.07. The Hall–Kier alpha value is -2.74. The van der Waals surface area contributed by atoms with Crippen LogP contribution < -0.4 is 22.5 Å². The molecule has 0 fully saturated rings. The average Bonchev–Trinajstić information content (AvgIpc) is 3.16. The van der Waals surface area contributed by atoms with E-state index in [1.54, 1.807) is 9.13 Å². The van der Waals surface area contributed by atoms with Gasteiger partial charge in [0.15, 0.2) is 31.8 Å². The Morgan fingerprint density at radius 1 is 0.800 bits per heavy atom. The van der Waals surface area contributed by atoms with Crippen LogP contribution in [0.15, 0.2) is 28.6 Å². The molecule has 14 heteroatoms. The summed E-state index contributed by atoms with van der Waals surface area (Å²) in [6.45, 7) is 2.67. The van der Waals surface area contributed by atoms with Gasteiger partial charge in [-0.15, -0.1) is 0 Å². The molecule has 2 N–H and O–H groups in total. The fraction of sp³-hybridized carbons (Fsp3) is 0.375. The number of aromatic amines is 2. The summed E-state index contributed by atoms with van der Waals surface area (Å²) in [6, 6.07) is 0. The first-order chi connectivity index (χ1) is 14.1. The van der Waals surface area contributed by atoms with Crippen LogP contribution in [0.4, 0.5) is 0 Å². The molecule has 0 amide bonds. The van der Waals surface area contributed by atoms with Crippen LogP contribution in [0.25, 0.3) is 22.3 Å². The molecule has 0 aliphatic rings. The molecule has 30 heavy (non-hydrogen) atoms. The molecule has 4 aromatic rings. The molecule has 4 heterocycles. The minimum absolute atomic E-state index is 0.0827. The van der Waals surface area contributed by atoms with E-state index < -0.39 is 22.5 Å². The Bertz CT molecular complexity index is 1430. The molecule has 0 unspecified atom stereocenters. The molecule has 0 aromatic carbocycles. The number of nitrogens with one attached hydrogen (secondary N) is 2. The number of hydrogen-bond donors (Lipinski definition) is 2. The summed E-state index contributed by atoms with van der Waals surface area (Å²) in [5, 5.41) is 0. The zero-order valence-electron chi connectivity index (χ0n) is 16.1. The van der Waals surface area contributed by atoms with Crippen molar-refractivity contribution in [2.75, 3.05) is 0 Å². The van der Waals surface area contributed by atoms with Crippen LogP contribution in [-0.2, 0) is 27.2 Å². The molecule has 12 nitrogen and oxygen atoms in total. The summed E-state index contributed by atoms with van der Waals surface area (Å²) in [5.74, 6) is -0.0827. The topological polar surface area (TPSA) is 145 Å². The van der Waals surface area contributed by atoms with Gasteiger partial charge in [-0.3, -0.25) is 28.7 Å². The van der Waals surface area contributed by atoms with E-state index in [-0.39, 0.29) is 28.2 Å². The number of imidazole rings is 2. The second-order valence-corrected chi connectivity index (χ2v) is 8.49. The minimum atomic E-state index is -0.545. The predicted octanol–water partition coefficient (Wildman–Crippen LogP) is 0.0213. The molecular formula is C16H16Br2N8O4. The second kappa shape index (κ2) is 7.19. The molecule has 0 saturated heterocycles. The van der Waals surface area contributed by atoms with Gasteiger partial charge in [0.2, 0.25) is 0 Å². The quantitative estimate of drug-likeness (QED) is 0.347. The maximum absolute atomic E-state index is 12.4. The molecule has 0 spiro atoms. The van der Waals surface area contributed by atoms with Crippen molar-refractivity contribution in [3.05, 3.63) is 51.1 Å². The molecule has 4 aromatic heterocycles. The highest BCUT2D eigenvalue weighted by Gasteiger charge is 2.21. The number of fused-ring (bicyclic) bond motifs is 2. The lowest BCUT2D eigenvalue weighted by atomic mass is 10.2. The highest BCUT2D eigenvalue weighted by Crippen LogP contribution is 2.21. The van der Waals surface area contributed by atoms with E-state index in [4.69, 9.17) is 0 Å². The largest absolute Gasteiger partial charge is 0.329 e. The van der Waals surface area contributed by atoms with Gasteiger partial charge in [-0.1, -0.05) is 6.92 Å². The third-order valence-corrected chi connectivity index (χ3v) is 6.12. The standard InChI is InChI=1S/C16H16Br2N8O4/c1-6(4-25-7-9(19-13(25)17)23(2)15(29)21-11(7)27)5-26-8-10(20-14(26)18)24(3)16(30)22-12(8)28/h6H,4-5H2,1-3H3,(H,21,27,29)(H,22,28,30). The summed E-state index contributed by atoms with van der Waals surface area (Å²) < 4.78 is 6.69. The van der Waals surface area contributed by atoms with Gasteiger partial charge in [0.25, 0.3) is 11.1 Å². The summed E-state index contributed by atoms with van der Waals surface area (Å²) in [7, 11) is 3.05. The summed E-state index contributed by atoms with van der Waals surface area (Å²) in [5.41, 5.74) is -1.07. The van der Waals surface area contributed by atoms with Crippen molar-refractivity contribution in [2.24, 2.45) is 20.0 Å². The van der Waals surface area contributed by atoms with Crippen LogP contribution >= 0.6 is 31.9 Å². The molecule has 0 bridgehead atoms. The maximum atomic E-state index is 12.4. The number of hydrogen-bond acceptors (Lipinski definition) is 6. The lowest BCUT2D eigenvalue weighted by Crippen LogP contribution is -2.30. The summed E-state index contributed by atoms with van der Waals surface area (Å²) >= 11 is 6.71. The van der Waals surface area contributed by atoms with E-state index in [2.05, 4.69) is 51.8 Å². The van der Waals surface area contributed by atoms with Crippen LogP contribution in [0, 0.1) is 5.92 Å². The fourth-order valence-electron chi connectivity index (χ4n) is 3.43. The zero-order chi connectivity index (χ0) is 21.9. The van der Waals surface area contributed by atoms with Crippen LogP contribution in [-0.4, -0.2) is 38.2 Å². The molecule has 0 atom stereocenters. The highest BCUT2D eigenvalue weighted by atomic mass is 79.9. The first kappa shape index (κ1) is 20.5. The minimum Gasteiger partial charge on any atom is -0.312 e. The first-order valence-corrected chi connectivity index (χ1v) is 10.4. The molecule has 0 aliphatic heterocycles. The third-order valence-electron chi connectivity index (χ3n) is 4.91.